The minimum absolute atomic E-state index is 0.140. The van der Waals surface area contributed by atoms with Crippen LogP contribution in [0.2, 0.25) is 0 Å². The molecule has 3 aromatic rings. The molecule has 4 rings (SSSR count). The molecule has 2 aromatic carbocycles. The van der Waals surface area contributed by atoms with Gasteiger partial charge in [0, 0.05) is 31.6 Å². The van der Waals surface area contributed by atoms with Crippen molar-refractivity contribution in [1.82, 2.24) is 20.1 Å². The Morgan fingerprint density at radius 1 is 0.952 bits per heavy atom. The molecule has 0 saturated heterocycles. The molecule has 2 heterocycles. The molecule has 1 unspecified atom stereocenters. The van der Waals surface area contributed by atoms with Crippen molar-refractivity contribution in [3.8, 4) is 0 Å². The van der Waals surface area contributed by atoms with E-state index in [2.05, 4.69) is 23.3 Å². The number of nitrogens with one attached hydrogen (secondary N) is 2. The van der Waals surface area contributed by atoms with Gasteiger partial charge in [0.2, 0.25) is 17.7 Å². The third-order valence-electron chi connectivity index (χ3n) is 7.42. The topological polar surface area (TPSA) is 144 Å². The Balaban J connectivity index is 1.42. The van der Waals surface area contributed by atoms with Crippen LogP contribution in [0.4, 0.5) is 0 Å². The molecule has 4 amide bonds. The van der Waals surface area contributed by atoms with Crippen LogP contribution in [0.3, 0.4) is 0 Å². The summed E-state index contributed by atoms with van der Waals surface area (Å²) in [6, 6.07) is 12.4. The first kappa shape index (κ1) is 31.0. The van der Waals surface area contributed by atoms with Crippen LogP contribution in [0.25, 0.3) is 10.9 Å². The van der Waals surface area contributed by atoms with Gasteiger partial charge in [0.05, 0.1) is 27.9 Å². The molecule has 0 aliphatic carbocycles. The van der Waals surface area contributed by atoms with E-state index in [-0.39, 0.29) is 43.0 Å². The summed E-state index contributed by atoms with van der Waals surface area (Å²) in [5.41, 5.74) is 8.34. The van der Waals surface area contributed by atoms with Gasteiger partial charge in [-0.1, -0.05) is 44.2 Å². The summed E-state index contributed by atoms with van der Waals surface area (Å²) in [5.74, 6) is -1.53. The van der Waals surface area contributed by atoms with Gasteiger partial charge in [-0.05, 0) is 48.9 Å². The van der Waals surface area contributed by atoms with Crippen molar-refractivity contribution in [3.63, 3.8) is 0 Å². The molecular formula is C31H37N5O5S. The lowest BCUT2D eigenvalue weighted by molar-refractivity contribution is -0.128. The Morgan fingerprint density at radius 3 is 2.19 bits per heavy atom. The predicted octanol–water partition coefficient (Wildman–Crippen LogP) is 2.80. The van der Waals surface area contributed by atoms with Crippen LogP contribution >= 0.6 is 12.6 Å². The highest BCUT2D eigenvalue weighted by Crippen LogP contribution is 2.25. The zero-order valence-corrected chi connectivity index (χ0v) is 24.9. The van der Waals surface area contributed by atoms with Crippen LogP contribution in [0.5, 0.6) is 0 Å². The van der Waals surface area contributed by atoms with Crippen LogP contribution in [-0.4, -0.2) is 69.9 Å². The number of amides is 4. The number of aromatic nitrogens is 1. The summed E-state index contributed by atoms with van der Waals surface area (Å²) >= 11 is 4.44. The van der Waals surface area contributed by atoms with Crippen molar-refractivity contribution < 1.29 is 24.0 Å². The third-order valence-corrected chi connectivity index (χ3v) is 7.91. The molecule has 0 saturated carbocycles. The molecule has 0 bridgehead atoms. The van der Waals surface area contributed by atoms with Crippen LogP contribution < -0.4 is 16.4 Å². The molecule has 4 N–H and O–H groups in total. The van der Waals surface area contributed by atoms with Crippen molar-refractivity contribution >= 4 is 53.1 Å². The summed E-state index contributed by atoms with van der Waals surface area (Å²) in [7, 11) is 1.49. The molecule has 222 valence electrons. The zero-order valence-electron chi connectivity index (χ0n) is 24.0. The lowest BCUT2D eigenvalue weighted by Crippen LogP contribution is -2.49. The van der Waals surface area contributed by atoms with Crippen LogP contribution in [0, 0.1) is 5.92 Å². The lowest BCUT2D eigenvalue weighted by atomic mass is 10.0. The fourth-order valence-electron chi connectivity index (χ4n) is 5.27. The molecule has 0 spiro atoms. The van der Waals surface area contributed by atoms with Gasteiger partial charge >= 0.3 is 0 Å². The van der Waals surface area contributed by atoms with Crippen LogP contribution in [0.15, 0.2) is 54.7 Å². The molecule has 1 aromatic heterocycles. The Kier molecular flexibility index (Phi) is 9.85. The molecule has 10 nitrogen and oxygen atoms in total. The van der Waals surface area contributed by atoms with Gasteiger partial charge in [0.15, 0.2) is 0 Å². The number of rotatable bonds is 12. The van der Waals surface area contributed by atoms with E-state index >= 15 is 0 Å². The maximum Gasteiger partial charge on any atom is 0.261 e. The van der Waals surface area contributed by atoms with E-state index in [1.54, 1.807) is 30.5 Å². The number of hydrogen-bond donors (Lipinski definition) is 4. The Hall–Kier alpha value is -3.96. The highest BCUT2D eigenvalue weighted by Gasteiger charge is 2.35. The number of fused-ring (bicyclic) bond motifs is 2. The number of benzene rings is 2. The quantitative estimate of drug-likeness (QED) is 0.188. The number of imide groups is 1. The van der Waals surface area contributed by atoms with Crippen molar-refractivity contribution in [2.24, 2.45) is 11.7 Å². The Morgan fingerprint density at radius 2 is 1.57 bits per heavy atom. The summed E-state index contributed by atoms with van der Waals surface area (Å²) < 4.78 is 1.53. The summed E-state index contributed by atoms with van der Waals surface area (Å²) in [4.78, 5) is 65.5. The second-order valence-electron chi connectivity index (χ2n) is 11.0. The number of carbonyl (C=O) groups excluding carboxylic acids is 5. The first-order valence-corrected chi connectivity index (χ1v) is 14.6. The summed E-state index contributed by atoms with van der Waals surface area (Å²) in [6.07, 6.45) is 3.01. The molecule has 42 heavy (non-hydrogen) atoms. The smallest absolute Gasteiger partial charge is 0.261 e. The largest absolute Gasteiger partial charge is 0.357 e. The average Bonchev–Trinajstić information content (AvgIpc) is 3.46. The number of para-hydroxylation sites is 1. The molecule has 1 aliphatic heterocycles. The molecule has 0 fully saturated rings. The SMILES string of the molecule is CNC(=O)[C@H](Cc1cn(C(=O)[C@@H](N)CC(C)C)c2ccccc12)NC(=O)C(S)CCCN1C(=O)c2ccccc2C1=O. The normalized spacial score (nSPS) is 15.0. The predicted molar refractivity (Wildman–Crippen MR) is 164 cm³/mol. The number of carbonyl (C=O) groups is 5. The van der Waals surface area contributed by atoms with Gasteiger partial charge < -0.3 is 16.4 Å². The first-order chi connectivity index (χ1) is 20.0. The average molecular weight is 592 g/mol. The second-order valence-corrected chi connectivity index (χ2v) is 11.6. The highest BCUT2D eigenvalue weighted by atomic mass is 32.1. The van der Waals surface area contributed by atoms with Crippen molar-refractivity contribution in [1.29, 1.82) is 0 Å². The number of nitrogens with two attached hydrogens (primary N) is 1. The molecule has 1 aliphatic rings. The highest BCUT2D eigenvalue weighted by molar-refractivity contribution is 7.81. The fourth-order valence-corrected chi connectivity index (χ4v) is 5.53. The summed E-state index contributed by atoms with van der Waals surface area (Å²) in [5, 5.41) is 5.39. The molecule has 3 atom stereocenters. The first-order valence-electron chi connectivity index (χ1n) is 14.1. The molecule has 0 radical (unpaired) electrons. The maximum absolute atomic E-state index is 13.2. The zero-order chi connectivity index (χ0) is 30.6. The monoisotopic (exact) mass is 591 g/mol. The fraction of sp³-hybridized carbons (Fsp3) is 0.387. The number of hydrogen-bond acceptors (Lipinski definition) is 7. The number of thiol groups is 1. The minimum atomic E-state index is -0.924. The van der Waals surface area contributed by atoms with Gasteiger partial charge in [0.25, 0.3) is 11.8 Å². The van der Waals surface area contributed by atoms with Crippen molar-refractivity contribution in [2.75, 3.05) is 13.6 Å². The van der Waals surface area contributed by atoms with E-state index in [0.717, 1.165) is 5.39 Å². The van der Waals surface area contributed by atoms with E-state index in [1.807, 2.05) is 38.1 Å². The van der Waals surface area contributed by atoms with E-state index in [9.17, 15) is 24.0 Å². The standard InChI is InChI=1S/C31H37N5O5S/c1-18(2)15-23(32)31(41)36-17-19(20-9-6-7-12-25(20)36)16-24(27(37)33-3)34-28(38)26(42)13-8-14-35-29(39)21-10-4-5-11-22(21)30(35)40/h4-7,9-12,17-18,23-24,26,42H,8,13-16,32H2,1-3H3,(H,33,37)(H,34,38)/t23-,24-,26?/m0/s1. The van der Waals surface area contributed by atoms with E-state index < -0.39 is 29.1 Å². The number of likely N-dealkylation sites (N-methyl/N-ethyl adjacent to an activating group) is 1. The van der Waals surface area contributed by atoms with E-state index in [4.69, 9.17) is 5.73 Å². The van der Waals surface area contributed by atoms with Crippen LogP contribution in [0.1, 0.15) is 64.2 Å². The number of nitrogens with zero attached hydrogens (tertiary/aromatic N) is 2. The van der Waals surface area contributed by atoms with Gasteiger partial charge in [-0.15, -0.1) is 0 Å². The molecular weight excluding hydrogens is 554 g/mol. The lowest BCUT2D eigenvalue weighted by Gasteiger charge is -2.20. The van der Waals surface area contributed by atoms with Crippen LogP contribution in [-0.2, 0) is 16.0 Å². The van der Waals surface area contributed by atoms with Gasteiger partial charge in [-0.25, -0.2) is 0 Å². The van der Waals surface area contributed by atoms with Gasteiger partial charge in [-0.2, -0.15) is 12.6 Å². The molecule has 11 heteroatoms. The van der Waals surface area contributed by atoms with Gasteiger partial charge in [0.1, 0.15) is 6.04 Å². The summed E-state index contributed by atoms with van der Waals surface area (Å²) in [6.45, 7) is 4.16. The van der Waals surface area contributed by atoms with E-state index in [1.165, 1.54) is 16.5 Å². The maximum atomic E-state index is 13.2. The van der Waals surface area contributed by atoms with E-state index in [0.29, 0.717) is 35.0 Å². The third kappa shape index (κ3) is 6.57. The van der Waals surface area contributed by atoms with Crippen molar-refractivity contribution in [2.45, 2.75) is 56.9 Å². The van der Waals surface area contributed by atoms with Crippen molar-refractivity contribution in [3.05, 3.63) is 71.4 Å². The second kappa shape index (κ2) is 13.3. The Bertz CT molecular complexity index is 1480. The van der Waals surface area contributed by atoms with Gasteiger partial charge in [-0.3, -0.25) is 33.4 Å². The minimum Gasteiger partial charge on any atom is -0.357 e. The Labute approximate surface area is 250 Å².